The zero-order valence-electron chi connectivity index (χ0n) is 13.9. The van der Waals surface area contributed by atoms with Crippen molar-refractivity contribution in [1.29, 1.82) is 0 Å². The summed E-state index contributed by atoms with van der Waals surface area (Å²) in [6.07, 6.45) is 0. The lowest BCUT2D eigenvalue weighted by atomic mass is 10.1. The van der Waals surface area contributed by atoms with Gasteiger partial charge in [0.2, 0.25) is 0 Å². The molecule has 4 nitrogen and oxygen atoms in total. The molecule has 1 aliphatic rings. The molecule has 0 radical (unpaired) electrons. The lowest BCUT2D eigenvalue weighted by molar-refractivity contribution is 0.0708. The molecule has 1 saturated heterocycles. The number of rotatable bonds is 2. The lowest BCUT2D eigenvalue weighted by Crippen LogP contribution is -2.51. The van der Waals surface area contributed by atoms with E-state index in [0.29, 0.717) is 6.04 Å². The number of piperazine rings is 1. The number of halogens is 1. The number of para-hydroxylation sites is 1. The number of hydrogen-bond acceptors (Lipinski definition) is 2. The number of hydrogen-bond donors (Lipinski definition) is 1. The summed E-state index contributed by atoms with van der Waals surface area (Å²) in [6.45, 7) is 8.61. The van der Waals surface area contributed by atoms with E-state index in [0.717, 1.165) is 42.3 Å². The van der Waals surface area contributed by atoms with Crippen LogP contribution >= 0.6 is 12.4 Å². The molecule has 3 rings (SSSR count). The van der Waals surface area contributed by atoms with Gasteiger partial charge in [0.15, 0.2) is 0 Å². The Hall–Kier alpha value is -1.78. The number of benzene rings is 1. The minimum atomic E-state index is 0. The third-order valence-corrected chi connectivity index (χ3v) is 4.33. The van der Waals surface area contributed by atoms with Gasteiger partial charge in [0.05, 0.1) is 5.56 Å². The molecular formula is C18H24ClN3O. The summed E-state index contributed by atoms with van der Waals surface area (Å²) in [4.78, 5) is 14.8. The van der Waals surface area contributed by atoms with Gasteiger partial charge in [-0.15, -0.1) is 12.4 Å². The van der Waals surface area contributed by atoms with E-state index in [-0.39, 0.29) is 18.3 Å². The highest BCUT2D eigenvalue weighted by Gasteiger charge is 2.25. The maximum Gasteiger partial charge on any atom is 0.255 e. The van der Waals surface area contributed by atoms with E-state index in [1.54, 1.807) is 0 Å². The zero-order valence-corrected chi connectivity index (χ0v) is 14.7. The lowest BCUT2D eigenvalue weighted by Gasteiger charge is -2.32. The van der Waals surface area contributed by atoms with E-state index >= 15 is 0 Å². The fraction of sp³-hybridized carbons (Fsp3) is 0.389. The summed E-state index contributed by atoms with van der Waals surface area (Å²) in [7, 11) is 0. The van der Waals surface area contributed by atoms with Gasteiger partial charge in [0.1, 0.15) is 0 Å². The molecule has 1 aromatic heterocycles. The quantitative estimate of drug-likeness (QED) is 0.917. The third-order valence-electron chi connectivity index (χ3n) is 4.33. The number of nitrogens with one attached hydrogen (secondary N) is 1. The Kier molecular flexibility index (Phi) is 5.50. The van der Waals surface area contributed by atoms with Crippen LogP contribution in [-0.2, 0) is 0 Å². The summed E-state index contributed by atoms with van der Waals surface area (Å²) in [6, 6.07) is 12.6. The van der Waals surface area contributed by atoms with Crippen LogP contribution in [-0.4, -0.2) is 41.1 Å². The summed E-state index contributed by atoms with van der Waals surface area (Å²) in [5, 5.41) is 3.38. The van der Waals surface area contributed by atoms with Gasteiger partial charge in [-0.05, 0) is 39.0 Å². The van der Waals surface area contributed by atoms with E-state index in [1.807, 2.05) is 36.1 Å². The molecular weight excluding hydrogens is 310 g/mol. The van der Waals surface area contributed by atoms with Crippen LogP contribution in [0.1, 0.15) is 28.7 Å². The smallest absolute Gasteiger partial charge is 0.255 e. The minimum Gasteiger partial charge on any atom is -0.336 e. The number of amides is 1. The molecule has 0 aliphatic carbocycles. The van der Waals surface area contributed by atoms with Crippen LogP contribution in [0.15, 0.2) is 36.4 Å². The van der Waals surface area contributed by atoms with Crippen LogP contribution < -0.4 is 5.32 Å². The van der Waals surface area contributed by atoms with Crippen molar-refractivity contribution in [2.24, 2.45) is 0 Å². The highest BCUT2D eigenvalue weighted by molar-refractivity contribution is 5.96. The molecule has 0 saturated carbocycles. The summed E-state index contributed by atoms with van der Waals surface area (Å²) in [5.74, 6) is 0.142. The fourth-order valence-corrected chi connectivity index (χ4v) is 3.24. The normalized spacial score (nSPS) is 17.7. The molecule has 1 unspecified atom stereocenters. The van der Waals surface area contributed by atoms with Gasteiger partial charge in [-0.25, -0.2) is 0 Å². The average Bonchev–Trinajstić information content (AvgIpc) is 2.82. The Labute approximate surface area is 143 Å². The van der Waals surface area contributed by atoms with Crippen molar-refractivity contribution in [3.8, 4) is 5.69 Å². The van der Waals surface area contributed by atoms with E-state index < -0.39 is 0 Å². The molecule has 1 aliphatic heterocycles. The van der Waals surface area contributed by atoms with Gasteiger partial charge in [-0.3, -0.25) is 4.79 Å². The van der Waals surface area contributed by atoms with Crippen molar-refractivity contribution < 1.29 is 4.79 Å². The van der Waals surface area contributed by atoms with Crippen LogP contribution in [0.5, 0.6) is 0 Å². The number of nitrogens with zero attached hydrogens (tertiary/aromatic N) is 2. The molecule has 23 heavy (non-hydrogen) atoms. The molecule has 2 heterocycles. The Morgan fingerprint density at radius 3 is 2.57 bits per heavy atom. The Balaban J connectivity index is 0.00000192. The second-order valence-corrected chi connectivity index (χ2v) is 6.06. The monoisotopic (exact) mass is 333 g/mol. The molecule has 1 amide bonds. The van der Waals surface area contributed by atoms with Crippen molar-refractivity contribution in [3.63, 3.8) is 0 Å². The van der Waals surface area contributed by atoms with E-state index in [1.165, 1.54) is 0 Å². The molecule has 1 fully saturated rings. The van der Waals surface area contributed by atoms with Crippen molar-refractivity contribution in [1.82, 2.24) is 14.8 Å². The Bertz CT molecular complexity index is 681. The highest BCUT2D eigenvalue weighted by atomic mass is 35.5. The molecule has 0 bridgehead atoms. The molecule has 1 atom stereocenters. The van der Waals surface area contributed by atoms with E-state index in [4.69, 9.17) is 0 Å². The Morgan fingerprint density at radius 1 is 1.22 bits per heavy atom. The van der Waals surface area contributed by atoms with Crippen molar-refractivity contribution in [2.45, 2.75) is 26.8 Å². The summed E-state index contributed by atoms with van der Waals surface area (Å²) >= 11 is 0. The van der Waals surface area contributed by atoms with E-state index in [9.17, 15) is 4.79 Å². The molecule has 1 N–H and O–H groups in total. The van der Waals surface area contributed by atoms with Crippen LogP contribution in [0, 0.1) is 13.8 Å². The first-order valence-corrected chi connectivity index (χ1v) is 7.85. The second-order valence-electron chi connectivity index (χ2n) is 6.06. The minimum absolute atomic E-state index is 0. The standard InChI is InChI=1S/C18H23N3O.ClH/c1-13-12-20(10-9-19-13)18(22)17-11-14(2)21(15(17)3)16-7-5-4-6-8-16;/h4-8,11,13,19H,9-10,12H2,1-3H3;1H. The third kappa shape index (κ3) is 3.43. The molecule has 1 aromatic carbocycles. The van der Waals surface area contributed by atoms with Crippen LogP contribution in [0.4, 0.5) is 0 Å². The SMILES string of the molecule is Cc1cc(C(=O)N2CCNC(C)C2)c(C)n1-c1ccccc1.Cl. The van der Waals surface area contributed by atoms with Gasteiger partial charge in [-0.1, -0.05) is 18.2 Å². The molecule has 5 heteroatoms. The number of aryl methyl sites for hydroxylation is 1. The largest absolute Gasteiger partial charge is 0.336 e. The van der Waals surface area contributed by atoms with Crippen LogP contribution in [0.3, 0.4) is 0 Å². The Morgan fingerprint density at radius 2 is 1.91 bits per heavy atom. The topological polar surface area (TPSA) is 37.3 Å². The maximum absolute atomic E-state index is 12.8. The maximum atomic E-state index is 12.8. The second kappa shape index (κ2) is 7.20. The first kappa shape index (κ1) is 17.6. The van der Waals surface area contributed by atoms with Crippen molar-refractivity contribution >= 4 is 18.3 Å². The summed E-state index contributed by atoms with van der Waals surface area (Å²) < 4.78 is 2.15. The van der Waals surface area contributed by atoms with E-state index in [2.05, 4.69) is 35.9 Å². The van der Waals surface area contributed by atoms with Crippen LogP contribution in [0.25, 0.3) is 5.69 Å². The number of aromatic nitrogens is 1. The van der Waals surface area contributed by atoms with Crippen molar-refractivity contribution in [3.05, 3.63) is 53.3 Å². The predicted octanol–water partition coefficient (Wildman–Crippen LogP) is 2.95. The van der Waals surface area contributed by atoms with Crippen molar-refractivity contribution in [2.75, 3.05) is 19.6 Å². The zero-order chi connectivity index (χ0) is 15.7. The van der Waals surface area contributed by atoms with Gasteiger partial charge in [-0.2, -0.15) is 0 Å². The van der Waals surface area contributed by atoms with Gasteiger partial charge in [0, 0.05) is 42.8 Å². The molecule has 124 valence electrons. The highest BCUT2D eigenvalue weighted by Crippen LogP contribution is 2.22. The first-order valence-electron chi connectivity index (χ1n) is 7.85. The van der Waals surface area contributed by atoms with Gasteiger partial charge < -0.3 is 14.8 Å². The average molecular weight is 334 g/mol. The van der Waals surface area contributed by atoms with Gasteiger partial charge >= 0.3 is 0 Å². The number of carbonyl (C=O) groups is 1. The molecule has 0 spiro atoms. The van der Waals surface area contributed by atoms with Gasteiger partial charge in [0.25, 0.3) is 5.91 Å². The number of carbonyl (C=O) groups excluding carboxylic acids is 1. The fourth-order valence-electron chi connectivity index (χ4n) is 3.24. The molecule has 2 aromatic rings. The van der Waals surface area contributed by atoms with Crippen LogP contribution in [0.2, 0.25) is 0 Å². The predicted molar refractivity (Wildman–Crippen MR) is 95.9 cm³/mol. The first-order chi connectivity index (χ1) is 10.6. The summed E-state index contributed by atoms with van der Waals surface area (Å²) in [5.41, 5.74) is 4.02.